The molecule has 0 unspecified atom stereocenters. The number of benzene rings is 1. The summed E-state index contributed by atoms with van der Waals surface area (Å²) in [7, 11) is 0. The Hall–Kier alpha value is -0.810. The minimum atomic E-state index is 0.474. The molecule has 2 aromatic rings. The minimum Gasteiger partial charge on any atom is -0.437 e. The van der Waals surface area contributed by atoms with Gasteiger partial charge in [-0.25, -0.2) is 4.98 Å². The number of ether oxygens (including phenoxy) is 1. The maximum atomic E-state index is 6.12. The molecule has 1 N–H and O–H groups in total. The van der Waals surface area contributed by atoms with E-state index in [1.165, 1.54) is 0 Å². The number of pyridine rings is 1. The van der Waals surface area contributed by atoms with Crippen LogP contribution in [0.2, 0.25) is 10.0 Å². The molecule has 1 aromatic heterocycles. The standard InChI is InChI=1S/C15H15BrCl2N2O/c1-2-5-19-8-10-3-4-15(20-9-10)21-14-7-12(17)11(16)6-13(14)18/h3-4,6-7,9,19H,2,5,8H2,1H3. The van der Waals surface area contributed by atoms with E-state index in [4.69, 9.17) is 27.9 Å². The van der Waals surface area contributed by atoms with E-state index in [1.54, 1.807) is 18.3 Å². The molecule has 0 aliphatic carbocycles. The van der Waals surface area contributed by atoms with Crippen LogP contribution in [0.5, 0.6) is 11.6 Å². The third kappa shape index (κ3) is 4.85. The van der Waals surface area contributed by atoms with E-state index in [0.717, 1.165) is 29.5 Å². The lowest BCUT2D eigenvalue weighted by atomic mass is 10.3. The number of rotatable bonds is 6. The van der Waals surface area contributed by atoms with Gasteiger partial charge >= 0.3 is 0 Å². The third-order valence-electron chi connectivity index (χ3n) is 2.74. The van der Waals surface area contributed by atoms with E-state index in [-0.39, 0.29) is 0 Å². The monoisotopic (exact) mass is 388 g/mol. The van der Waals surface area contributed by atoms with Gasteiger partial charge in [0.1, 0.15) is 5.75 Å². The fourth-order valence-corrected chi connectivity index (χ4v) is 2.51. The first-order valence-corrected chi connectivity index (χ1v) is 8.13. The van der Waals surface area contributed by atoms with Crippen LogP contribution in [0.1, 0.15) is 18.9 Å². The van der Waals surface area contributed by atoms with Crippen molar-refractivity contribution >= 4 is 39.1 Å². The van der Waals surface area contributed by atoms with Gasteiger partial charge in [-0.3, -0.25) is 0 Å². The highest BCUT2D eigenvalue weighted by molar-refractivity contribution is 9.10. The van der Waals surface area contributed by atoms with Gasteiger partial charge in [-0.05, 0) is 40.5 Å². The first-order chi connectivity index (χ1) is 10.1. The summed E-state index contributed by atoms with van der Waals surface area (Å²) in [5.74, 6) is 0.962. The lowest BCUT2D eigenvalue weighted by Gasteiger charge is -2.09. The molecule has 1 heterocycles. The number of hydrogen-bond acceptors (Lipinski definition) is 3. The molecule has 0 bridgehead atoms. The van der Waals surface area contributed by atoms with Crippen LogP contribution in [-0.2, 0) is 6.54 Å². The first kappa shape index (κ1) is 16.6. The van der Waals surface area contributed by atoms with Crippen molar-refractivity contribution in [3.8, 4) is 11.6 Å². The van der Waals surface area contributed by atoms with Gasteiger partial charge in [-0.1, -0.05) is 36.2 Å². The Morgan fingerprint density at radius 1 is 1.24 bits per heavy atom. The molecule has 0 spiro atoms. The van der Waals surface area contributed by atoms with Crippen molar-refractivity contribution in [2.24, 2.45) is 0 Å². The van der Waals surface area contributed by atoms with Crippen molar-refractivity contribution in [3.05, 3.63) is 50.5 Å². The Bertz CT molecular complexity index is 605. The van der Waals surface area contributed by atoms with Crippen LogP contribution in [0.25, 0.3) is 0 Å². The van der Waals surface area contributed by atoms with E-state index in [2.05, 4.69) is 33.2 Å². The third-order valence-corrected chi connectivity index (χ3v) is 4.24. The summed E-state index contributed by atoms with van der Waals surface area (Å²) in [6.07, 6.45) is 2.89. The Morgan fingerprint density at radius 2 is 2.05 bits per heavy atom. The molecule has 1 aromatic carbocycles. The van der Waals surface area contributed by atoms with Gasteiger partial charge in [0.25, 0.3) is 0 Å². The van der Waals surface area contributed by atoms with Crippen LogP contribution in [-0.4, -0.2) is 11.5 Å². The van der Waals surface area contributed by atoms with Gasteiger partial charge < -0.3 is 10.1 Å². The summed E-state index contributed by atoms with van der Waals surface area (Å²) < 4.78 is 6.39. The minimum absolute atomic E-state index is 0.474. The van der Waals surface area contributed by atoms with Crippen molar-refractivity contribution < 1.29 is 4.74 Å². The van der Waals surface area contributed by atoms with Gasteiger partial charge in [0, 0.05) is 29.3 Å². The van der Waals surface area contributed by atoms with Crippen LogP contribution in [0.4, 0.5) is 0 Å². The molecule has 0 radical (unpaired) electrons. The lowest BCUT2D eigenvalue weighted by molar-refractivity contribution is 0.462. The van der Waals surface area contributed by atoms with E-state index in [1.807, 2.05) is 12.1 Å². The SMILES string of the molecule is CCCNCc1ccc(Oc2cc(Cl)c(Br)cc2Cl)nc1. The molecule has 0 atom stereocenters. The van der Waals surface area contributed by atoms with Crippen LogP contribution < -0.4 is 10.1 Å². The normalized spacial score (nSPS) is 10.7. The van der Waals surface area contributed by atoms with Crippen LogP contribution in [0, 0.1) is 0 Å². The predicted octanol–water partition coefficient (Wildman–Crippen LogP) is 5.44. The van der Waals surface area contributed by atoms with Gasteiger partial charge in [0.2, 0.25) is 5.88 Å². The zero-order valence-electron chi connectivity index (χ0n) is 11.5. The number of halogens is 3. The Balaban J connectivity index is 2.05. The molecule has 6 heteroatoms. The van der Waals surface area contributed by atoms with Gasteiger partial charge in [-0.2, -0.15) is 0 Å². The molecule has 0 saturated carbocycles. The predicted molar refractivity (Wildman–Crippen MR) is 90.5 cm³/mol. The molecule has 21 heavy (non-hydrogen) atoms. The average molecular weight is 390 g/mol. The number of aromatic nitrogens is 1. The number of nitrogens with zero attached hydrogens (tertiary/aromatic N) is 1. The van der Waals surface area contributed by atoms with Crippen molar-refractivity contribution in [1.29, 1.82) is 0 Å². The summed E-state index contributed by atoms with van der Waals surface area (Å²) in [6.45, 7) is 3.92. The lowest BCUT2D eigenvalue weighted by Crippen LogP contribution is -2.13. The topological polar surface area (TPSA) is 34.1 Å². The van der Waals surface area contributed by atoms with Crippen molar-refractivity contribution in [3.63, 3.8) is 0 Å². The summed E-state index contributed by atoms with van der Waals surface area (Å²) in [6, 6.07) is 7.14. The molecule has 0 saturated heterocycles. The highest BCUT2D eigenvalue weighted by atomic mass is 79.9. The zero-order valence-corrected chi connectivity index (χ0v) is 14.6. The Kier molecular flexibility index (Phi) is 6.30. The van der Waals surface area contributed by atoms with Crippen molar-refractivity contribution in [2.45, 2.75) is 19.9 Å². The fraction of sp³-hybridized carbons (Fsp3) is 0.267. The summed E-state index contributed by atoms with van der Waals surface area (Å²) in [5, 5.41) is 4.33. The maximum absolute atomic E-state index is 6.12. The van der Waals surface area contributed by atoms with Gasteiger partial charge in [0.15, 0.2) is 0 Å². The molecule has 0 amide bonds. The molecule has 0 fully saturated rings. The molecule has 0 aliphatic rings. The van der Waals surface area contributed by atoms with E-state index < -0.39 is 0 Å². The van der Waals surface area contributed by atoms with Crippen molar-refractivity contribution in [2.75, 3.05) is 6.54 Å². The zero-order chi connectivity index (χ0) is 15.2. The van der Waals surface area contributed by atoms with Gasteiger partial charge in [-0.15, -0.1) is 0 Å². The molecule has 3 nitrogen and oxygen atoms in total. The van der Waals surface area contributed by atoms with Crippen LogP contribution >= 0.6 is 39.1 Å². The van der Waals surface area contributed by atoms with E-state index in [0.29, 0.717) is 21.7 Å². The van der Waals surface area contributed by atoms with Crippen molar-refractivity contribution in [1.82, 2.24) is 10.3 Å². The number of hydrogen-bond donors (Lipinski definition) is 1. The molecular formula is C15H15BrCl2N2O. The van der Waals surface area contributed by atoms with Crippen LogP contribution in [0.3, 0.4) is 0 Å². The largest absolute Gasteiger partial charge is 0.437 e. The molecule has 2 rings (SSSR count). The summed E-state index contributed by atoms with van der Waals surface area (Å²) in [5.41, 5.74) is 1.11. The summed E-state index contributed by atoms with van der Waals surface area (Å²) >= 11 is 15.5. The highest BCUT2D eigenvalue weighted by Crippen LogP contribution is 2.36. The fourth-order valence-electron chi connectivity index (χ4n) is 1.68. The van der Waals surface area contributed by atoms with E-state index in [9.17, 15) is 0 Å². The first-order valence-electron chi connectivity index (χ1n) is 6.58. The highest BCUT2D eigenvalue weighted by Gasteiger charge is 2.08. The maximum Gasteiger partial charge on any atom is 0.219 e. The average Bonchev–Trinajstić information content (AvgIpc) is 2.47. The molecule has 112 valence electrons. The summed E-state index contributed by atoms with van der Waals surface area (Å²) in [4.78, 5) is 4.27. The van der Waals surface area contributed by atoms with Gasteiger partial charge in [0.05, 0.1) is 10.0 Å². The second-order valence-corrected chi connectivity index (χ2v) is 6.15. The molecular weight excluding hydrogens is 375 g/mol. The number of nitrogens with one attached hydrogen (secondary N) is 1. The quantitative estimate of drug-likeness (QED) is 0.527. The van der Waals surface area contributed by atoms with Crippen LogP contribution in [0.15, 0.2) is 34.9 Å². The second-order valence-electron chi connectivity index (χ2n) is 4.48. The molecule has 0 aliphatic heterocycles. The Labute approximate surface area is 142 Å². The smallest absolute Gasteiger partial charge is 0.219 e. The van der Waals surface area contributed by atoms with E-state index >= 15 is 0 Å². The Morgan fingerprint density at radius 3 is 2.71 bits per heavy atom. The second kappa shape index (κ2) is 7.99.